The molecule has 6 heteroatoms. The van der Waals surface area contributed by atoms with Gasteiger partial charge in [-0.15, -0.1) is 0 Å². The first-order chi connectivity index (χ1) is 10.2. The summed E-state index contributed by atoms with van der Waals surface area (Å²) in [6.07, 6.45) is 2.03. The maximum Gasteiger partial charge on any atom is 0.495 e. The van der Waals surface area contributed by atoms with Gasteiger partial charge in [0, 0.05) is 11.4 Å². The predicted octanol–water partition coefficient (Wildman–Crippen LogP) is 2.18. The van der Waals surface area contributed by atoms with Crippen molar-refractivity contribution in [3.63, 3.8) is 0 Å². The normalized spacial score (nSPS) is 31.5. The van der Waals surface area contributed by atoms with E-state index >= 15 is 0 Å². The Kier molecular flexibility index (Phi) is 2.92. The van der Waals surface area contributed by atoms with Crippen LogP contribution in [0.4, 0.5) is 5.69 Å². The highest BCUT2D eigenvalue weighted by Crippen LogP contribution is 2.48. The molecule has 3 aliphatic rings. The molecule has 0 aromatic heterocycles. The second-order valence-electron chi connectivity index (χ2n) is 7.69. The molecule has 0 saturated carbocycles. The van der Waals surface area contributed by atoms with E-state index in [-0.39, 0.29) is 23.6 Å². The SMILES string of the molecule is CC1(C)OB(c2cccc3c2C2CCC[SH]2(=O)N3)OC1(C)C. The molecule has 0 bridgehead atoms. The fourth-order valence-electron chi connectivity index (χ4n) is 3.80. The zero-order valence-corrected chi connectivity index (χ0v) is 14.6. The van der Waals surface area contributed by atoms with Crippen molar-refractivity contribution in [3.8, 4) is 0 Å². The average Bonchev–Trinajstić information content (AvgIpc) is 2.96. The molecule has 2 fully saturated rings. The van der Waals surface area contributed by atoms with Gasteiger partial charge in [-0.3, -0.25) is 4.21 Å². The molecule has 120 valence electrons. The number of fused-ring (bicyclic) bond motifs is 3. The van der Waals surface area contributed by atoms with Gasteiger partial charge in [-0.2, -0.15) is 0 Å². The van der Waals surface area contributed by atoms with Gasteiger partial charge in [0.1, 0.15) is 0 Å². The smallest absolute Gasteiger partial charge is 0.399 e. The Morgan fingerprint density at radius 3 is 2.59 bits per heavy atom. The summed E-state index contributed by atoms with van der Waals surface area (Å²) in [4.78, 5) is 0. The maximum absolute atomic E-state index is 13.1. The van der Waals surface area contributed by atoms with Crippen LogP contribution in [0.15, 0.2) is 18.2 Å². The molecule has 1 atom stereocenters. The van der Waals surface area contributed by atoms with Gasteiger partial charge in [0.15, 0.2) is 0 Å². The molecule has 3 heterocycles. The van der Waals surface area contributed by atoms with E-state index in [4.69, 9.17) is 9.31 Å². The number of nitrogens with one attached hydrogen (secondary N) is 1. The predicted molar refractivity (Wildman–Crippen MR) is 92.2 cm³/mol. The minimum absolute atomic E-state index is 0.137. The zero-order chi connectivity index (χ0) is 15.8. The molecule has 1 aromatic carbocycles. The zero-order valence-electron chi connectivity index (χ0n) is 13.7. The highest BCUT2D eigenvalue weighted by Gasteiger charge is 2.54. The molecule has 4 nitrogen and oxygen atoms in total. The molecule has 0 radical (unpaired) electrons. The number of rotatable bonds is 1. The molecule has 0 spiro atoms. The van der Waals surface area contributed by atoms with Crippen LogP contribution < -0.4 is 10.2 Å². The van der Waals surface area contributed by atoms with Gasteiger partial charge < -0.3 is 14.0 Å². The van der Waals surface area contributed by atoms with Crippen LogP contribution in [-0.4, -0.2) is 28.3 Å². The van der Waals surface area contributed by atoms with Crippen molar-refractivity contribution in [3.05, 3.63) is 23.8 Å². The third kappa shape index (κ3) is 1.87. The number of hydrogen-bond acceptors (Lipinski definition) is 3. The summed E-state index contributed by atoms with van der Waals surface area (Å²) >= 11 is 0. The molecule has 4 rings (SSSR count). The third-order valence-corrected chi connectivity index (χ3v) is 8.88. The summed E-state index contributed by atoms with van der Waals surface area (Å²) < 4.78 is 28.8. The standard InChI is InChI=1S/C16H24BNO3S/c1-15(2)16(3,4)21-17(20-15)11-7-5-8-12-14(11)13-9-6-10-22(13,19)18-12/h5,7-8,13,22H,6,9-10H2,1-4H3,(H,18,19). The van der Waals surface area contributed by atoms with Crippen molar-refractivity contribution in [2.24, 2.45) is 0 Å². The lowest BCUT2D eigenvalue weighted by molar-refractivity contribution is 0.00578. The Morgan fingerprint density at radius 2 is 1.91 bits per heavy atom. The Morgan fingerprint density at radius 1 is 1.23 bits per heavy atom. The van der Waals surface area contributed by atoms with Gasteiger partial charge in [0.2, 0.25) is 0 Å². The summed E-state index contributed by atoms with van der Waals surface area (Å²) in [6.45, 7) is 8.26. The van der Waals surface area contributed by atoms with E-state index in [1.165, 1.54) is 5.56 Å². The highest BCUT2D eigenvalue weighted by atomic mass is 32.3. The Labute approximate surface area is 133 Å². The molecule has 2 saturated heterocycles. The third-order valence-electron chi connectivity index (χ3n) is 5.76. The van der Waals surface area contributed by atoms with Crippen LogP contribution in [0, 0.1) is 0 Å². The van der Waals surface area contributed by atoms with Gasteiger partial charge in [0.25, 0.3) is 0 Å². The topological polar surface area (TPSA) is 47.6 Å². The van der Waals surface area contributed by atoms with E-state index < -0.39 is 10.1 Å². The Hall–Kier alpha value is -0.845. The second-order valence-corrected chi connectivity index (χ2v) is 10.6. The largest absolute Gasteiger partial charge is 0.495 e. The van der Waals surface area contributed by atoms with Crippen molar-refractivity contribution in [1.29, 1.82) is 0 Å². The first-order valence-corrected chi connectivity index (χ1v) is 10.1. The van der Waals surface area contributed by atoms with Gasteiger partial charge in [0.05, 0.1) is 16.5 Å². The van der Waals surface area contributed by atoms with Crippen molar-refractivity contribution in [2.45, 2.75) is 57.0 Å². The molecule has 22 heavy (non-hydrogen) atoms. The quantitative estimate of drug-likeness (QED) is 0.616. The van der Waals surface area contributed by atoms with Gasteiger partial charge in [-0.05, 0) is 67.7 Å². The average molecular weight is 321 g/mol. The first kappa shape index (κ1) is 14.7. The minimum atomic E-state index is -2.31. The lowest BCUT2D eigenvalue weighted by Gasteiger charge is -2.32. The molecule has 3 aliphatic heterocycles. The number of anilines is 1. The van der Waals surface area contributed by atoms with Crippen LogP contribution >= 0.6 is 0 Å². The first-order valence-electron chi connectivity index (χ1n) is 8.09. The molecule has 1 aromatic rings. The summed E-state index contributed by atoms with van der Waals surface area (Å²) in [5, 5.41) is 0.137. The lowest BCUT2D eigenvalue weighted by Crippen LogP contribution is -2.41. The second kappa shape index (κ2) is 4.37. The van der Waals surface area contributed by atoms with E-state index in [0.717, 1.165) is 29.7 Å². The summed E-state index contributed by atoms with van der Waals surface area (Å²) in [5.74, 6) is 0.801. The van der Waals surface area contributed by atoms with Gasteiger partial charge >= 0.3 is 7.12 Å². The molecule has 0 amide bonds. The van der Waals surface area contributed by atoms with Crippen molar-refractivity contribution < 1.29 is 13.5 Å². The van der Waals surface area contributed by atoms with Crippen molar-refractivity contribution >= 4 is 28.4 Å². The van der Waals surface area contributed by atoms with Crippen LogP contribution in [0.3, 0.4) is 0 Å². The molecule has 1 unspecified atom stereocenters. The molecule has 0 aliphatic carbocycles. The summed E-state index contributed by atoms with van der Waals surface area (Å²) in [5.41, 5.74) is 2.52. The Balaban J connectivity index is 1.78. The van der Waals surface area contributed by atoms with Crippen molar-refractivity contribution in [1.82, 2.24) is 0 Å². The monoisotopic (exact) mass is 321 g/mol. The van der Waals surface area contributed by atoms with Gasteiger partial charge in [-0.25, -0.2) is 0 Å². The van der Waals surface area contributed by atoms with E-state index in [1.54, 1.807) is 0 Å². The van der Waals surface area contributed by atoms with Gasteiger partial charge in [-0.1, -0.05) is 12.1 Å². The number of benzene rings is 1. The minimum Gasteiger partial charge on any atom is -0.399 e. The Bertz CT molecular complexity index is 672. The summed E-state index contributed by atoms with van der Waals surface area (Å²) in [6, 6.07) is 6.10. The molecular weight excluding hydrogens is 297 g/mol. The van der Waals surface area contributed by atoms with E-state index in [9.17, 15) is 4.21 Å². The fraction of sp³-hybridized carbons (Fsp3) is 0.625. The van der Waals surface area contributed by atoms with Crippen LogP contribution in [0.2, 0.25) is 0 Å². The van der Waals surface area contributed by atoms with Crippen LogP contribution in [0.25, 0.3) is 0 Å². The maximum atomic E-state index is 13.1. The van der Waals surface area contributed by atoms with Crippen LogP contribution in [0.5, 0.6) is 0 Å². The van der Waals surface area contributed by atoms with Crippen molar-refractivity contribution in [2.75, 3.05) is 10.5 Å². The van der Waals surface area contributed by atoms with Crippen LogP contribution in [0.1, 0.15) is 51.3 Å². The van der Waals surface area contributed by atoms with E-state index in [0.29, 0.717) is 0 Å². The summed E-state index contributed by atoms with van der Waals surface area (Å²) in [7, 11) is -2.69. The molecular formula is C16H24BNO3S. The number of hydrogen-bond donors (Lipinski definition) is 2. The van der Waals surface area contributed by atoms with E-state index in [1.807, 2.05) is 12.1 Å². The van der Waals surface area contributed by atoms with Crippen LogP contribution in [-0.2, 0) is 19.4 Å². The number of thiol groups is 1. The lowest BCUT2D eigenvalue weighted by atomic mass is 9.74. The molecule has 1 N–H and O–H groups in total. The van der Waals surface area contributed by atoms with E-state index in [2.05, 4.69) is 38.5 Å². The highest BCUT2D eigenvalue weighted by molar-refractivity contribution is 8.05. The fourth-order valence-corrected chi connectivity index (χ4v) is 6.94.